The molecule has 1 aliphatic rings. The highest BCUT2D eigenvalue weighted by molar-refractivity contribution is 7.09. The van der Waals surface area contributed by atoms with Crippen LogP contribution < -0.4 is 10.6 Å². The Morgan fingerprint density at radius 1 is 0.939 bits per heavy atom. The van der Waals surface area contributed by atoms with Crippen LogP contribution in [0.3, 0.4) is 0 Å². The first-order chi connectivity index (χ1) is 16.1. The van der Waals surface area contributed by atoms with Gasteiger partial charge in [-0.1, -0.05) is 36.4 Å². The van der Waals surface area contributed by atoms with Gasteiger partial charge < -0.3 is 15.5 Å². The Labute approximate surface area is 197 Å². The fourth-order valence-corrected chi connectivity index (χ4v) is 4.84. The van der Waals surface area contributed by atoms with Crippen LogP contribution in [0.5, 0.6) is 0 Å². The van der Waals surface area contributed by atoms with E-state index >= 15 is 0 Å². The lowest BCUT2D eigenvalue weighted by molar-refractivity contribution is -0.130. The second-order valence-corrected chi connectivity index (χ2v) is 9.45. The van der Waals surface area contributed by atoms with E-state index in [1.165, 1.54) is 17.7 Å². The first kappa shape index (κ1) is 23.1. The summed E-state index contributed by atoms with van der Waals surface area (Å²) in [5.74, 6) is -1.09. The fraction of sp³-hybridized carbons (Fsp3) is 0.308. The highest BCUT2D eigenvalue weighted by Gasteiger charge is 2.35. The molecule has 5 nitrogen and oxygen atoms in total. The molecule has 2 amide bonds. The average molecular weight is 466 g/mol. The Morgan fingerprint density at radius 3 is 2.36 bits per heavy atom. The number of halogens is 1. The maximum absolute atomic E-state index is 13.2. The predicted molar refractivity (Wildman–Crippen MR) is 129 cm³/mol. The summed E-state index contributed by atoms with van der Waals surface area (Å²) in [6, 6.07) is 19.9. The minimum absolute atomic E-state index is 0.0209. The molecule has 0 aliphatic carbocycles. The Hall–Kier alpha value is -3.03. The average Bonchev–Trinajstić information content (AvgIpc) is 3.37. The lowest BCUT2D eigenvalue weighted by atomic mass is 9.87. The van der Waals surface area contributed by atoms with Gasteiger partial charge in [-0.05, 0) is 54.1 Å². The third-order valence-corrected chi connectivity index (χ3v) is 6.83. The number of rotatable bonds is 8. The van der Waals surface area contributed by atoms with E-state index in [1.807, 2.05) is 35.7 Å². The first-order valence-corrected chi connectivity index (χ1v) is 12.1. The molecule has 1 saturated heterocycles. The van der Waals surface area contributed by atoms with E-state index in [2.05, 4.69) is 27.7 Å². The maximum Gasteiger partial charge on any atom is 0.228 e. The summed E-state index contributed by atoms with van der Waals surface area (Å²) in [6.45, 7) is 2.50. The minimum atomic E-state index is -0.347. The van der Waals surface area contributed by atoms with E-state index in [0.29, 0.717) is 31.7 Å². The molecule has 1 aliphatic heterocycles. The summed E-state index contributed by atoms with van der Waals surface area (Å²) < 4.78 is 13.2. The second-order valence-electron chi connectivity index (χ2n) is 8.42. The summed E-state index contributed by atoms with van der Waals surface area (Å²) >= 11 is 1.61. The lowest BCUT2D eigenvalue weighted by Crippen LogP contribution is -2.49. The third-order valence-electron chi connectivity index (χ3n) is 5.96. The van der Waals surface area contributed by atoms with E-state index in [0.717, 1.165) is 17.8 Å². The topological polar surface area (TPSA) is 61.4 Å². The summed E-state index contributed by atoms with van der Waals surface area (Å²) in [4.78, 5) is 29.3. The van der Waals surface area contributed by atoms with E-state index in [4.69, 9.17) is 0 Å². The van der Waals surface area contributed by atoms with Crippen LogP contribution in [0, 0.1) is 17.7 Å². The van der Waals surface area contributed by atoms with Crippen LogP contribution in [0.4, 0.5) is 10.1 Å². The summed E-state index contributed by atoms with van der Waals surface area (Å²) in [5.41, 5.74) is 1.79. The van der Waals surface area contributed by atoms with Crippen LogP contribution in [-0.4, -0.2) is 36.3 Å². The van der Waals surface area contributed by atoms with Crippen molar-refractivity contribution in [1.82, 2.24) is 10.2 Å². The molecule has 0 spiro atoms. The van der Waals surface area contributed by atoms with Crippen molar-refractivity contribution in [3.63, 3.8) is 0 Å². The molecule has 0 bridgehead atoms. The lowest BCUT2D eigenvalue weighted by Gasteiger charge is -2.36. The maximum atomic E-state index is 13.2. The van der Waals surface area contributed by atoms with E-state index < -0.39 is 0 Å². The number of likely N-dealkylation sites (tertiary alicyclic amines) is 1. The predicted octanol–water partition coefficient (Wildman–Crippen LogP) is 4.32. The number of thiophene rings is 1. The highest BCUT2D eigenvalue weighted by atomic mass is 32.1. The first-order valence-electron chi connectivity index (χ1n) is 11.2. The molecule has 0 radical (unpaired) electrons. The van der Waals surface area contributed by atoms with E-state index in [-0.39, 0.29) is 29.5 Å². The second kappa shape index (κ2) is 11.2. The molecule has 4 rings (SSSR count). The number of carbonyl (C=O) groups is 2. The molecular formula is C26H28FN3O2S. The molecule has 2 N–H and O–H groups in total. The van der Waals surface area contributed by atoms with Crippen molar-refractivity contribution in [2.75, 3.05) is 25.0 Å². The molecule has 33 heavy (non-hydrogen) atoms. The molecule has 0 unspecified atom stereocenters. The quantitative estimate of drug-likeness (QED) is 0.521. The van der Waals surface area contributed by atoms with Crippen molar-refractivity contribution in [1.29, 1.82) is 0 Å². The molecule has 1 aromatic heterocycles. The number of piperidine rings is 1. The van der Waals surface area contributed by atoms with Crippen molar-refractivity contribution in [3.05, 3.63) is 88.4 Å². The van der Waals surface area contributed by atoms with Crippen LogP contribution in [0.2, 0.25) is 0 Å². The molecule has 0 saturated carbocycles. The SMILES string of the molecule is O=C(NCc1cccs1)[C@H]1C[C@@H](C(=O)Nc2ccc(F)cc2)CN(CCc2ccccc2)C1. The van der Waals surface area contributed by atoms with E-state index in [9.17, 15) is 14.0 Å². The molecule has 2 heterocycles. The van der Waals surface area contributed by atoms with Crippen molar-refractivity contribution in [2.24, 2.45) is 11.8 Å². The Bertz CT molecular complexity index is 1040. The molecule has 2 aromatic carbocycles. The highest BCUT2D eigenvalue weighted by Crippen LogP contribution is 2.25. The Kier molecular flexibility index (Phi) is 7.86. The van der Waals surface area contributed by atoms with Gasteiger partial charge in [0, 0.05) is 30.2 Å². The number of hydrogen-bond donors (Lipinski definition) is 2. The van der Waals surface area contributed by atoms with Crippen molar-refractivity contribution < 1.29 is 14.0 Å². The van der Waals surface area contributed by atoms with Crippen molar-refractivity contribution in [3.8, 4) is 0 Å². The molecule has 3 aromatic rings. The van der Waals surface area contributed by atoms with Gasteiger partial charge in [-0.3, -0.25) is 9.59 Å². The van der Waals surface area contributed by atoms with Crippen LogP contribution in [0.15, 0.2) is 72.1 Å². The normalized spacial score (nSPS) is 18.6. The zero-order valence-electron chi connectivity index (χ0n) is 18.4. The van der Waals surface area contributed by atoms with Crippen LogP contribution in [-0.2, 0) is 22.6 Å². The fourth-order valence-electron chi connectivity index (χ4n) is 4.19. The number of benzene rings is 2. The van der Waals surface area contributed by atoms with Gasteiger partial charge >= 0.3 is 0 Å². The number of anilines is 1. The molecule has 7 heteroatoms. The van der Waals surface area contributed by atoms with Gasteiger partial charge in [0.15, 0.2) is 0 Å². The van der Waals surface area contributed by atoms with Gasteiger partial charge in [0.25, 0.3) is 0 Å². The molecule has 172 valence electrons. The number of hydrogen-bond acceptors (Lipinski definition) is 4. The zero-order chi connectivity index (χ0) is 23.0. The number of carbonyl (C=O) groups excluding carboxylic acids is 2. The van der Waals surface area contributed by atoms with Gasteiger partial charge in [-0.15, -0.1) is 11.3 Å². The summed E-state index contributed by atoms with van der Waals surface area (Å²) in [5, 5.41) is 7.91. The number of amides is 2. The van der Waals surface area contributed by atoms with E-state index in [1.54, 1.807) is 23.5 Å². The van der Waals surface area contributed by atoms with Crippen molar-refractivity contribution >= 4 is 28.8 Å². The van der Waals surface area contributed by atoms with Gasteiger partial charge in [-0.2, -0.15) is 0 Å². The Balaban J connectivity index is 1.41. The Morgan fingerprint density at radius 2 is 1.67 bits per heavy atom. The molecule has 2 atom stereocenters. The largest absolute Gasteiger partial charge is 0.351 e. The van der Waals surface area contributed by atoms with Gasteiger partial charge in [0.05, 0.1) is 18.4 Å². The number of nitrogens with zero attached hydrogens (tertiary/aromatic N) is 1. The van der Waals surface area contributed by atoms with Gasteiger partial charge in [0.2, 0.25) is 11.8 Å². The van der Waals surface area contributed by atoms with Gasteiger partial charge in [0.1, 0.15) is 5.82 Å². The van der Waals surface area contributed by atoms with Crippen LogP contribution in [0.1, 0.15) is 16.9 Å². The smallest absolute Gasteiger partial charge is 0.228 e. The minimum Gasteiger partial charge on any atom is -0.351 e. The summed E-state index contributed by atoms with van der Waals surface area (Å²) in [6.07, 6.45) is 1.35. The standard InChI is InChI=1S/C26H28FN3O2S/c27-22-8-10-23(11-9-22)29-26(32)21-15-20(25(31)28-16-24-7-4-14-33-24)17-30(18-21)13-12-19-5-2-1-3-6-19/h1-11,14,20-21H,12-13,15-18H2,(H,28,31)(H,29,32)/t20-,21+/m0/s1. The number of nitrogens with one attached hydrogen (secondary N) is 2. The zero-order valence-corrected chi connectivity index (χ0v) is 19.2. The van der Waals surface area contributed by atoms with Crippen molar-refractivity contribution in [2.45, 2.75) is 19.4 Å². The molecule has 1 fully saturated rings. The van der Waals surface area contributed by atoms with Gasteiger partial charge in [-0.25, -0.2) is 4.39 Å². The molecular weight excluding hydrogens is 437 g/mol. The van der Waals surface area contributed by atoms with Crippen LogP contribution in [0.25, 0.3) is 0 Å². The third kappa shape index (κ3) is 6.73. The summed E-state index contributed by atoms with van der Waals surface area (Å²) in [7, 11) is 0. The van der Waals surface area contributed by atoms with Crippen LogP contribution >= 0.6 is 11.3 Å². The monoisotopic (exact) mass is 465 g/mol.